The van der Waals surface area contributed by atoms with Crippen LogP contribution in [0.1, 0.15) is 11.1 Å². The van der Waals surface area contributed by atoms with Crippen LogP contribution in [0.3, 0.4) is 0 Å². The van der Waals surface area contributed by atoms with Crippen LogP contribution in [0.15, 0.2) is 36.4 Å². The number of benzene rings is 2. The van der Waals surface area contributed by atoms with Crippen molar-refractivity contribution in [1.82, 2.24) is 0 Å². The quantitative estimate of drug-likeness (QED) is 0.667. The van der Waals surface area contributed by atoms with Gasteiger partial charge in [-0.05, 0) is 60.5 Å². The van der Waals surface area contributed by atoms with Crippen LogP contribution in [0.4, 0.5) is 5.69 Å². The fourth-order valence-corrected chi connectivity index (χ4v) is 2.59. The van der Waals surface area contributed by atoms with E-state index in [1.807, 2.05) is 37.3 Å². The van der Waals surface area contributed by atoms with Gasteiger partial charge in [0.2, 0.25) is 0 Å². The lowest BCUT2D eigenvalue weighted by Crippen LogP contribution is -2.25. The van der Waals surface area contributed by atoms with Crippen molar-refractivity contribution >= 4 is 18.1 Å². The van der Waals surface area contributed by atoms with E-state index in [9.17, 15) is 5.02 Å². The van der Waals surface area contributed by atoms with Crippen molar-refractivity contribution in [2.75, 3.05) is 0 Å². The Labute approximate surface area is 118 Å². The van der Waals surface area contributed by atoms with Gasteiger partial charge in [-0.2, -0.15) is 0 Å². The molecule has 1 aliphatic rings. The van der Waals surface area contributed by atoms with E-state index in [2.05, 4.69) is 4.85 Å². The Balaban J connectivity index is 1.85. The first kappa shape index (κ1) is 12.8. The molecule has 0 amide bonds. The summed E-state index contributed by atoms with van der Waals surface area (Å²) in [6.07, 6.45) is 1.68. The maximum atomic E-state index is 9.79. The third kappa shape index (κ3) is 2.28. The smallest absolute Gasteiger partial charge is 0.324 e. The van der Waals surface area contributed by atoms with Crippen molar-refractivity contribution in [3.05, 3.63) is 58.9 Å². The van der Waals surface area contributed by atoms with E-state index in [0.29, 0.717) is 5.69 Å². The molecule has 1 N–H and O–H groups in total. The second-order valence-corrected chi connectivity index (χ2v) is 5.08. The Morgan fingerprint density at radius 2 is 1.95 bits per heavy atom. The first-order chi connectivity index (χ1) is 9.67. The molecule has 2 aromatic carbocycles. The average Bonchev–Trinajstić information content (AvgIpc) is 2.80. The zero-order valence-electron chi connectivity index (χ0n) is 11.3. The summed E-state index contributed by atoms with van der Waals surface area (Å²) in [7, 11) is 0. The van der Waals surface area contributed by atoms with Crippen LogP contribution in [0.2, 0.25) is 6.32 Å². The Kier molecular flexibility index (Phi) is 3.21. The van der Waals surface area contributed by atoms with Gasteiger partial charge in [-0.15, -0.1) is 0 Å². The highest BCUT2D eigenvalue weighted by Gasteiger charge is 2.24. The zero-order chi connectivity index (χ0) is 14.1. The molecule has 0 unspecified atom stereocenters. The Morgan fingerprint density at radius 3 is 2.70 bits per heavy atom. The topological polar surface area (TPSA) is 33.8 Å². The third-order valence-corrected chi connectivity index (χ3v) is 3.68. The Morgan fingerprint density at radius 1 is 1.20 bits per heavy atom. The summed E-state index contributed by atoms with van der Waals surface area (Å²) >= 11 is 0. The van der Waals surface area contributed by atoms with Gasteiger partial charge < -0.3 is 9.76 Å². The minimum absolute atomic E-state index is 0.334. The summed E-state index contributed by atoms with van der Waals surface area (Å²) in [5.41, 5.74) is 3.73. The van der Waals surface area contributed by atoms with Crippen molar-refractivity contribution in [2.24, 2.45) is 0 Å². The lowest BCUT2D eigenvalue weighted by Gasteiger charge is -2.09. The van der Waals surface area contributed by atoms with E-state index < -0.39 is 0 Å². The summed E-state index contributed by atoms with van der Waals surface area (Å²) in [4.78, 5) is 3.44. The fourth-order valence-electron chi connectivity index (χ4n) is 2.59. The number of rotatable bonds is 2. The molecule has 0 spiro atoms. The van der Waals surface area contributed by atoms with Gasteiger partial charge in [-0.3, -0.25) is 0 Å². The number of ether oxygens (including phenoxy) is 1. The summed E-state index contributed by atoms with van der Waals surface area (Å²) in [6.45, 7) is 8.61. The largest absolute Gasteiger partial charge is 0.457 e. The van der Waals surface area contributed by atoms with Crippen LogP contribution in [-0.4, -0.2) is 11.9 Å². The van der Waals surface area contributed by atoms with Gasteiger partial charge in [-0.25, -0.2) is 4.85 Å². The number of nitrogens with zero attached hydrogens (tertiary/aromatic N) is 1. The van der Waals surface area contributed by atoms with Crippen molar-refractivity contribution in [2.45, 2.75) is 19.7 Å². The van der Waals surface area contributed by atoms with E-state index in [0.717, 1.165) is 40.8 Å². The molecule has 0 bridgehead atoms. The zero-order valence-corrected chi connectivity index (χ0v) is 11.3. The molecule has 20 heavy (non-hydrogen) atoms. The molecule has 1 aliphatic heterocycles. The highest BCUT2D eigenvalue weighted by atomic mass is 16.5. The van der Waals surface area contributed by atoms with E-state index in [1.165, 1.54) is 0 Å². The Bertz CT molecular complexity index is 706. The molecule has 2 aromatic rings. The molecule has 4 heteroatoms. The highest BCUT2D eigenvalue weighted by molar-refractivity contribution is 6.68. The first-order valence-electron chi connectivity index (χ1n) is 6.64. The van der Waals surface area contributed by atoms with E-state index in [1.54, 1.807) is 6.07 Å². The van der Waals surface area contributed by atoms with Crippen molar-refractivity contribution < 1.29 is 9.76 Å². The molecule has 0 aliphatic carbocycles. The molecular weight excluding hydrogens is 249 g/mol. The maximum Gasteiger partial charge on any atom is 0.324 e. The predicted molar refractivity (Wildman–Crippen MR) is 80.1 cm³/mol. The molecule has 0 atom stereocenters. The lowest BCUT2D eigenvalue weighted by atomic mass is 9.63. The number of fused-ring (bicyclic) bond motifs is 1. The van der Waals surface area contributed by atoms with Crippen molar-refractivity contribution in [3.8, 4) is 11.5 Å². The maximum absolute atomic E-state index is 9.79. The molecule has 0 aromatic heterocycles. The van der Waals surface area contributed by atoms with Crippen molar-refractivity contribution in [3.63, 3.8) is 0 Å². The van der Waals surface area contributed by atoms with Gasteiger partial charge in [0.05, 0.1) is 6.57 Å². The molecule has 1 heterocycles. The van der Waals surface area contributed by atoms with Crippen molar-refractivity contribution in [1.29, 1.82) is 0 Å². The van der Waals surface area contributed by atoms with Gasteiger partial charge in [0.1, 0.15) is 11.5 Å². The molecular formula is C16H14BNO2. The minimum atomic E-state index is -0.334. The Hall–Kier alpha value is -2.25. The summed E-state index contributed by atoms with van der Waals surface area (Å²) in [5, 5.41) is 9.79. The van der Waals surface area contributed by atoms with Gasteiger partial charge in [0, 0.05) is 0 Å². The second kappa shape index (κ2) is 5.03. The van der Waals surface area contributed by atoms with Crippen LogP contribution in [-0.2, 0) is 6.42 Å². The second-order valence-electron chi connectivity index (χ2n) is 5.08. The van der Waals surface area contributed by atoms with E-state index >= 15 is 0 Å². The van der Waals surface area contributed by atoms with Gasteiger partial charge in [0.15, 0.2) is 5.69 Å². The highest BCUT2D eigenvalue weighted by Crippen LogP contribution is 2.28. The lowest BCUT2D eigenvalue weighted by molar-refractivity contribution is 0.482. The van der Waals surface area contributed by atoms with E-state index in [-0.39, 0.29) is 6.92 Å². The number of hydrogen-bond donors (Lipinski definition) is 1. The summed E-state index contributed by atoms with van der Waals surface area (Å²) < 4.78 is 5.83. The number of aryl methyl sites for hydroxylation is 2. The molecule has 0 saturated heterocycles. The third-order valence-electron chi connectivity index (χ3n) is 3.68. The molecule has 98 valence electrons. The van der Waals surface area contributed by atoms with Crippen LogP contribution in [0.5, 0.6) is 11.5 Å². The molecule has 0 saturated carbocycles. The number of hydrogen-bond acceptors (Lipinski definition) is 2. The van der Waals surface area contributed by atoms with Crippen LogP contribution in [0.25, 0.3) is 4.85 Å². The standard InChI is InChI=1S/C16H14BNO2/c1-11-9-13(4-6-16(11)18-2)20-14-3-5-15-12(10-14)7-8-17(15)19/h3-6,9-10,19H,7-8H2,1H3. The van der Waals surface area contributed by atoms with Crippen LogP contribution in [0, 0.1) is 13.5 Å². The monoisotopic (exact) mass is 263 g/mol. The SMILES string of the molecule is [C-]#[N+]c1ccc(Oc2ccc3c(c2)CCB3O)cc1C. The summed E-state index contributed by atoms with van der Waals surface area (Å²) in [6, 6.07) is 11.3. The summed E-state index contributed by atoms with van der Waals surface area (Å²) in [5.74, 6) is 1.50. The first-order valence-corrected chi connectivity index (χ1v) is 6.64. The van der Waals surface area contributed by atoms with Crippen LogP contribution >= 0.6 is 0 Å². The van der Waals surface area contributed by atoms with Crippen LogP contribution < -0.4 is 10.2 Å². The normalized spacial score (nSPS) is 12.9. The minimum Gasteiger partial charge on any atom is -0.457 e. The predicted octanol–water partition coefficient (Wildman–Crippen LogP) is 3.09. The van der Waals surface area contributed by atoms with E-state index in [4.69, 9.17) is 11.3 Å². The molecule has 3 rings (SSSR count). The van der Waals surface area contributed by atoms with Gasteiger partial charge in [-0.1, -0.05) is 12.1 Å². The fraction of sp³-hybridized carbons (Fsp3) is 0.188. The molecule has 3 nitrogen and oxygen atoms in total. The molecule has 0 fully saturated rings. The van der Waals surface area contributed by atoms with Gasteiger partial charge >= 0.3 is 6.92 Å². The average molecular weight is 263 g/mol. The molecule has 0 radical (unpaired) electrons. The van der Waals surface area contributed by atoms with Gasteiger partial charge in [0.25, 0.3) is 0 Å².